The number of nitrogens with zero attached hydrogens (tertiary/aromatic N) is 1. The van der Waals surface area contributed by atoms with Crippen molar-refractivity contribution in [1.29, 1.82) is 0 Å². The molecule has 0 bridgehead atoms. The Hall–Kier alpha value is -1.03. The SMILES string of the molecule is CCCCOCCNS(=O)(=O)c1cc(Br)ccc1[N+](=O)[O-]. The van der Waals surface area contributed by atoms with Gasteiger partial charge in [-0.1, -0.05) is 29.3 Å². The molecule has 0 radical (unpaired) electrons. The van der Waals surface area contributed by atoms with Crippen molar-refractivity contribution in [2.24, 2.45) is 0 Å². The van der Waals surface area contributed by atoms with E-state index >= 15 is 0 Å². The standard InChI is InChI=1S/C12H17BrN2O5S/c1-2-3-7-20-8-6-14-21(18,19)12-9-10(13)4-5-11(12)15(16)17/h4-5,9,14H,2-3,6-8H2,1H3. The normalized spacial score (nSPS) is 11.5. The van der Waals surface area contributed by atoms with E-state index in [1.807, 2.05) is 6.92 Å². The van der Waals surface area contributed by atoms with Crippen molar-refractivity contribution in [2.75, 3.05) is 19.8 Å². The van der Waals surface area contributed by atoms with Gasteiger partial charge in [0.05, 0.1) is 11.5 Å². The second-order valence-electron chi connectivity index (χ2n) is 4.23. The maximum absolute atomic E-state index is 12.1. The molecule has 1 aromatic rings. The molecule has 1 rings (SSSR count). The first-order valence-corrected chi connectivity index (χ1v) is 8.67. The summed E-state index contributed by atoms with van der Waals surface area (Å²) in [6.07, 6.45) is 1.90. The summed E-state index contributed by atoms with van der Waals surface area (Å²) in [6.45, 7) is 2.88. The molecule has 0 saturated heterocycles. The summed E-state index contributed by atoms with van der Waals surface area (Å²) in [7, 11) is -3.95. The van der Waals surface area contributed by atoms with Crippen LogP contribution >= 0.6 is 15.9 Å². The van der Waals surface area contributed by atoms with Crippen molar-refractivity contribution < 1.29 is 18.1 Å². The predicted molar refractivity (Wildman–Crippen MR) is 81.7 cm³/mol. The number of halogens is 1. The van der Waals surface area contributed by atoms with Crippen molar-refractivity contribution in [3.63, 3.8) is 0 Å². The smallest absolute Gasteiger partial charge is 0.289 e. The number of sulfonamides is 1. The lowest BCUT2D eigenvalue weighted by atomic mass is 10.3. The van der Waals surface area contributed by atoms with E-state index in [1.165, 1.54) is 12.1 Å². The Bertz CT molecular complexity index is 591. The third-order valence-electron chi connectivity index (χ3n) is 2.59. The van der Waals surface area contributed by atoms with E-state index in [0.717, 1.165) is 18.9 Å². The summed E-state index contributed by atoms with van der Waals surface area (Å²) in [5.41, 5.74) is -0.461. The van der Waals surface area contributed by atoms with Gasteiger partial charge in [0, 0.05) is 23.7 Å². The van der Waals surface area contributed by atoms with E-state index in [0.29, 0.717) is 11.1 Å². The van der Waals surface area contributed by atoms with Crippen molar-refractivity contribution in [3.05, 3.63) is 32.8 Å². The lowest BCUT2D eigenvalue weighted by Crippen LogP contribution is -2.28. The number of benzene rings is 1. The predicted octanol–water partition coefficient (Wildman–Crippen LogP) is 2.45. The number of hydrogen-bond donors (Lipinski definition) is 1. The number of rotatable bonds is 9. The first-order valence-electron chi connectivity index (χ1n) is 6.40. The molecule has 0 fully saturated rings. The van der Waals surface area contributed by atoms with Crippen LogP contribution in [-0.4, -0.2) is 33.1 Å². The van der Waals surface area contributed by atoms with Gasteiger partial charge in [0.15, 0.2) is 4.90 Å². The van der Waals surface area contributed by atoms with Crippen LogP contribution in [0.2, 0.25) is 0 Å². The maximum Gasteiger partial charge on any atom is 0.289 e. The molecule has 0 atom stereocenters. The molecule has 0 amide bonds. The van der Waals surface area contributed by atoms with Crippen LogP contribution in [0.5, 0.6) is 0 Å². The van der Waals surface area contributed by atoms with Crippen LogP contribution in [0.3, 0.4) is 0 Å². The second-order valence-corrected chi connectivity index (χ2v) is 6.88. The zero-order valence-electron chi connectivity index (χ0n) is 11.5. The number of nitro benzene ring substituents is 1. The van der Waals surface area contributed by atoms with Crippen molar-refractivity contribution >= 4 is 31.6 Å². The zero-order chi connectivity index (χ0) is 15.9. The highest BCUT2D eigenvalue weighted by Gasteiger charge is 2.25. The molecule has 1 aromatic carbocycles. The molecule has 0 aliphatic heterocycles. The van der Waals surface area contributed by atoms with Gasteiger partial charge in [-0.05, 0) is 18.6 Å². The van der Waals surface area contributed by atoms with Crippen LogP contribution in [0.25, 0.3) is 0 Å². The molecule has 9 heteroatoms. The van der Waals surface area contributed by atoms with E-state index in [2.05, 4.69) is 20.7 Å². The van der Waals surface area contributed by atoms with E-state index < -0.39 is 20.6 Å². The van der Waals surface area contributed by atoms with E-state index in [4.69, 9.17) is 4.74 Å². The Labute approximate surface area is 132 Å². The maximum atomic E-state index is 12.1. The van der Waals surface area contributed by atoms with Gasteiger partial charge in [0.2, 0.25) is 10.0 Å². The summed E-state index contributed by atoms with van der Waals surface area (Å²) < 4.78 is 32.2. The fourth-order valence-electron chi connectivity index (χ4n) is 1.53. The Balaban J connectivity index is 2.74. The van der Waals surface area contributed by atoms with Crippen LogP contribution in [0.4, 0.5) is 5.69 Å². The molecule has 0 spiro atoms. The third-order valence-corrected chi connectivity index (χ3v) is 4.57. The molecule has 0 aromatic heterocycles. The van der Waals surface area contributed by atoms with Crippen LogP contribution in [0, 0.1) is 10.1 Å². The summed E-state index contributed by atoms with van der Waals surface area (Å²) in [6, 6.07) is 3.78. The molecule has 0 aliphatic carbocycles. The number of nitro groups is 1. The van der Waals surface area contributed by atoms with Crippen LogP contribution < -0.4 is 4.72 Å². The van der Waals surface area contributed by atoms with Gasteiger partial charge in [-0.15, -0.1) is 0 Å². The van der Waals surface area contributed by atoms with Gasteiger partial charge in [-0.25, -0.2) is 13.1 Å². The highest BCUT2D eigenvalue weighted by Crippen LogP contribution is 2.26. The minimum Gasteiger partial charge on any atom is -0.380 e. The zero-order valence-corrected chi connectivity index (χ0v) is 13.9. The number of hydrogen-bond acceptors (Lipinski definition) is 5. The van der Waals surface area contributed by atoms with Gasteiger partial charge in [-0.3, -0.25) is 10.1 Å². The molecule has 21 heavy (non-hydrogen) atoms. The third kappa shape index (κ3) is 5.70. The Morgan fingerprint density at radius 3 is 2.71 bits per heavy atom. The molecule has 0 unspecified atom stereocenters. The van der Waals surface area contributed by atoms with Gasteiger partial charge < -0.3 is 4.74 Å². The van der Waals surface area contributed by atoms with Gasteiger partial charge in [0.25, 0.3) is 5.69 Å². The molecule has 1 N–H and O–H groups in total. The molecule has 0 heterocycles. The van der Waals surface area contributed by atoms with Gasteiger partial charge in [-0.2, -0.15) is 0 Å². The average Bonchev–Trinajstić information content (AvgIpc) is 2.42. The highest BCUT2D eigenvalue weighted by atomic mass is 79.9. The average molecular weight is 381 g/mol. The van der Waals surface area contributed by atoms with Crippen LogP contribution in [0.1, 0.15) is 19.8 Å². The van der Waals surface area contributed by atoms with Crippen LogP contribution in [0.15, 0.2) is 27.6 Å². The molecular formula is C12H17BrN2O5S. The van der Waals surface area contributed by atoms with Gasteiger partial charge in [0.1, 0.15) is 0 Å². The lowest BCUT2D eigenvalue weighted by Gasteiger charge is -2.08. The lowest BCUT2D eigenvalue weighted by molar-refractivity contribution is -0.387. The quantitative estimate of drug-likeness (QED) is 0.403. The monoisotopic (exact) mass is 380 g/mol. The summed E-state index contributed by atoms with van der Waals surface area (Å²) >= 11 is 3.11. The van der Waals surface area contributed by atoms with Crippen LogP contribution in [-0.2, 0) is 14.8 Å². The number of unbranched alkanes of at least 4 members (excludes halogenated alkanes) is 1. The van der Waals surface area contributed by atoms with Gasteiger partial charge >= 0.3 is 0 Å². The number of ether oxygens (including phenoxy) is 1. The Kier molecular flexibility index (Phi) is 7.23. The first kappa shape index (κ1) is 18.0. The highest BCUT2D eigenvalue weighted by molar-refractivity contribution is 9.10. The molecular weight excluding hydrogens is 364 g/mol. The van der Waals surface area contributed by atoms with E-state index in [-0.39, 0.29) is 18.0 Å². The minimum atomic E-state index is -3.95. The fraction of sp³-hybridized carbons (Fsp3) is 0.500. The number of nitrogens with one attached hydrogen (secondary N) is 1. The largest absolute Gasteiger partial charge is 0.380 e. The minimum absolute atomic E-state index is 0.0652. The van der Waals surface area contributed by atoms with Crippen molar-refractivity contribution in [1.82, 2.24) is 4.72 Å². The first-order chi connectivity index (χ1) is 9.88. The Morgan fingerprint density at radius 1 is 1.38 bits per heavy atom. The Morgan fingerprint density at radius 2 is 2.10 bits per heavy atom. The van der Waals surface area contributed by atoms with Crippen molar-refractivity contribution in [2.45, 2.75) is 24.7 Å². The molecule has 7 nitrogen and oxygen atoms in total. The fourth-order valence-corrected chi connectivity index (χ4v) is 3.25. The van der Waals surface area contributed by atoms with E-state index in [1.54, 1.807) is 0 Å². The molecule has 0 aliphatic rings. The van der Waals surface area contributed by atoms with E-state index in [9.17, 15) is 18.5 Å². The topological polar surface area (TPSA) is 98.5 Å². The molecule has 118 valence electrons. The summed E-state index contributed by atoms with van der Waals surface area (Å²) in [5.74, 6) is 0. The summed E-state index contributed by atoms with van der Waals surface area (Å²) in [5, 5.41) is 10.9. The molecule has 0 saturated carbocycles. The second kappa shape index (κ2) is 8.42. The van der Waals surface area contributed by atoms with Crippen molar-refractivity contribution in [3.8, 4) is 0 Å². The summed E-state index contributed by atoms with van der Waals surface area (Å²) in [4.78, 5) is 9.81.